The van der Waals surface area contributed by atoms with Gasteiger partial charge in [-0.2, -0.15) is 0 Å². The number of fused-ring (bicyclic) bond motifs is 1. The zero-order valence-electron chi connectivity index (χ0n) is 18.4. The molecule has 0 radical (unpaired) electrons. The smallest absolute Gasteiger partial charge is 0.338 e. The third-order valence-electron chi connectivity index (χ3n) is 5.13. The fraction of sp³-hybridized carbons (Fsp3) is 0.160. The van der Waals surface area contributed by atoms with E-state index in [0.717, 1.165) is 5.56 Å². The molecule has 3 aromatic carbocycles. The number of benzene rings is 3. The molecule has 4 aromatic rings. The molecule has 0 aliphatic heterocycles. The van der Waals surface area contributed by atoms with Gasteiger partial charge in [0, 0.05) is 11.5 Å². The quantitative estimate of drug-likeness (QED) is 0.390. The van der Waals surface area contributed by atoms with Crippen LogP contribution in [0.1, 0.15) is 21.5 Å². The second-order valence-corrected chi connectivity index (χ2v) is 7.28. The Morgan fingerprint density at radius 3 is 2.55 bits per heavy atom. The zero-order valence-corrected chi connectivity index (χ0v) is 18.4. The van der Waals surface area contributed by atoms with E-state index in [-0.39, 0.29) is 11.3 Å². The summed E-state index contributed by atoms with van der Waals surface area (Å²) in [5.41, 5.74) is 2.41. The Labute approximate surface area is 190 Å². The number of carbonyl (C=O) groups excluding carboxylic acids is 1. The molecule has 33 heavy (non-hydrogen) atoms. The van der Waals surface area contributed by atoms with Crippen molar-refractivity contribution in [2.45, 2.75) is 13.5 Å². The molecule has 0 aliphatic carbocycles. The lowest BCUT2D eigenvalue weighted by Crippen LogP contribution is -2.07. The summed E-state index contributed by atoms with van der Waals surface area (Å²) in [7, 11) is 2.82. The van der Waals surface area contributed by atoms with Crippen LogP contribution < -0.4 is 14.8 Å². The number of nitrogens with one attached hydrogen (secondary N) is 1. The second-order valence-electron chi connectivity index (χ2n) is 7.28. The Bertz CT molecular complexity index is 1310. The lowest BCUT2D eigenvalue weighted by atomic mass is 10.1. The van der Waals surface area contributed by atoms with Gasteiger partial charge in [-0.3, -0.25) is 0 Å². The van der Waals surface area contributed by atoms with Crippen molar-refractivity contribution < 1.29 is 23.4 Å². The second kappa shape index (κ2) is 9.52. The highest BCUT2D eigenvalue weighted by atomic mass is 19.1. The van der Waals surface area contributed by atoms with E-state index in [4.69, 9.17) is 14.2 Å². The van der Waals surface area contributed by atoms with E-state index in [2.05, 4.69) is 15.3 Å². The molecule has 0 fully saturated rings. The third-order valence-corrected chi connectivity index (χ3v) is 5.13. The van der Waals surface area contributed by atoms with Crippen LogP contribution in [0.2, 0.25) is 0 Å². The van der Waals surface area contributed by atoms with Gasteiger partial charge < -0.3 is 19.5 Å². The van der Waals surface area contributed by atoms with Gasteiger partial charge in [-0.25, -0.2) is 19.2 Å². The van der Waals surface area contributed by atoms with E-state index in [1.54, 1.807) is 19.1 Å². The fourth-order valence-electron chi connectivity index (χ4n) is 3.40. The van der Waals surface area contributed by atoms with Crippen LogP contribution in [0, 0.1) is 12.7 Å². The highest BCUT2D eigenvalue weighted by molar-refractivity contribution is 5.95. The Morgan fingerprint density at radius 1 is 1.03 bits per heavy atom. The topological polar surface area (TPSA) is 82.6 Å². The number of hydrogen-bond donors (Lipinski definition) is 1. The van der Waals surface area contributed by atoms with Crippen LogP contribution in [-0.4, -0.2) is 30.2 Å². The summed E-state index contributed by atoms with van der Waals surface area (Å²) in [6, 6.07) is 15.9. The van der Waals surface area contributed by atoms with Crippen LogP contribution in [0.15, 0.2) is 60.9 Å². The first kappa shape index (κ1) is 22.0. The van der Waals surface area contributed by atoms with Crippen LogP contribution >= 0.6 is 0 Å². The van der Waals surface area contributed by atoms with Crippen molar-refractivity contribution in [3.05, 3.63) is 83.4 Å². The molecule has 0 saturated carbocycles. The van der Waals surface area contributed by atoms with E-state index < -0.39 is 11.8 Å². The number of aryl methyl sites for hydroxylation is 1. The monoisotopic (exact) mass is 447 g/mol. The molecule has 0 atom stereocenters. The van der Waals surface area contributed by atoms with Crippen molar-refractivity contribution in [1.29, 1.82) is 0 Å². The predicted octanol–water partition coefficient (Wildman–Crippen LogP) is 5.20. The van der Waals surface area contributed by atoms with Gasteiger partial charge >= 0.3 is 5.97 Å². The number of ether oxygens (including phenoxy) is 3. The molecule has 0 bridgehead atoms. The fourth-order valence-corrected chi connectivity index (χ4v) is 3.40. The Kier molecular flexibility index (Phi) is 6.35. The highest BCUT2D eigenvalue weighted by Gasteiger charge is 2.17. The van der Waals surface area contributed by atoms with Gasteiger partial charge in [-0.05, 0) is 36.2 Å². The Hall–Kier alpha value is -4.20. The van der Waals surface area contributed by atoms with Crippen LogP contribution in [0.5, 0.6) is 11.5 Å². The van der Waals surface area contributed by atoms with E-state index in [1.807, 2.05) is 30.3 Å². The summed E-state index contributed by atoms with van der Waals surface area (Å²) in [5, 5.41) is 3.56. The Balaban J connectivity index is 1.69. The molecule has 168 valence electrons. The number of anilines is 2. The zero-order chi connectivity index (χ0) is 23.4. The number of methoxy groups -OCH3 is 2. The van der Waals surface area contributed by atoms with E-state index >= 15 is 0 Å². The normalized spacial score (nSPS) is 10.7. The summed E-state index contributed by atoms with van der Waals surface area (Å²) in [4.78, 5) is 20.6. The average Bonchev–Trinajstić information content (AvgIpc) is 2.84. The van der Waals surface area contributed by atoms with Crippen LogP contribution in [0.25, 0.3) is 10.9 Å². The molecule has 7 nitrogen and oxygen atoms in total. The van der Waals surface area contributed by atoms with Crippen LogP contribution in [-0.2, 0) is 11.3 Å². The minimum atomic E-state index is -0.551. The van der Waals surface area contributed by atoms with Crippen LogP contribution in [0.3, 0.4) is 0 Å². The summed E-state index contributed by atoms with van der Waals surface area (Å²) in [5.74, 6) is 0.280. The molecule has 1 heterocycles. The number of halogens is 1. The van der Waals surface area contributed by atoms with Crippen molar-refractivity contribution in [1.82, 2.24) is 9.97 Å². The minimum absolute atomic E-state index is 0.0874. The first-order valence-electron chi connectivity index (χ1n) is 10.1. The van der Waals surface area contributed by atoms with E-state index in [1.165, 1.54) is 32.7 Å². The highest BCUT2D eigenvalue weighted by Crippen LogP contribution is 2.35. The van der Waals surface area contributed by atoms with Crippen LogP contribution in [0.4, 0.5) is 15.9 Å². The number of nitrogens with zero attached hydrogens (tertiary/aromatic N) is 2. The molecule has 8 heteroatoms. The van der Waals surface area contributed by atoms with Gasteiger partial charge in [-0.1, -0.05) is 30.3 Å². The average molecular weight is 447 g/mol. The maximum absolute atomic E-state index is 14.7. The molecule has 0 saturated heterocycles. The summed E-state index contributed by atoms with van der Waals surface area (Å²) >= 11 is 0. The minimum Gasteiger partial charge on any atom is -0.493 e. The molecule has 1 aromatic heterocycles. The van der Waals surface area contributed by atoms with E-state index in [9.17, 15) is 9.18 Å². The maximum Gasteiger partial charge on any atom is 0.338 e. The molecule has 0 unspecified atom stereocenters. The number of esters is 1. The molecule has 0 spiro atoms. The number of rotatable bonds is 7. The standard InChI is InChI=1S/C25H22FN3O4/c1-15-9-19(26)21(10-17(15)25(30)32-3)29-24-18-11-22(31-2)23(12-20(18)27-14-28-24)33-13-16-7-5-4-6-8-16/h4-12,14H,13H2,1-3H3,(H,27,28,29). The Morgan fingerprint density at radius 2 is 1.82 bits per heavy atom. The third kappa shape index (κ3) is 4.69. The summed E-state index contributed by atoms with van der Waals surface area (Å²) < 4.78 is 30.9. The van der Waals surface area contributed by atoms with Crippen molar-refractivity contribution in [3.63, 3.8) is 0 Å². The first-order valence-corrected chi connectivity index (χ1v) is 10.1. The van der Waals surface area contributed by atoms with Gasteiger partial charge in [0.05, 0.1) is 31.0 Å². The molecule has 4 rings (SSSR count). The summed E-state index contributed by atoms with van der Waals surface area (Å²) in [6.45, 7) is 2.00. The maximum atomic E-state index is 14.7. The molecule has 0 aliphatic rings. The SMILES string of the molecule is COC(=O)c1cc(Nc2ncnc3cc(OCc4ccccc4)c(OC)cc23)c(F)cc1C. The van der Waals surface area contributed by atoms with Gasteiger partial charge in [0.25, 0.3) is 0 Å². The van der Waals surface area contributed by atoms with E-state index in [0.29, 0.717) is 40.4 Å². The molecular weight excluding hydrogens is 425 g/mol. The van der Waals surface area contributed by atoms with Gasteiger partial charge in [0.2, 0.25) is 0 Å². The van der Waals surface area contributed by atoms with Crippen molar-refractivity contribution >= 4 is 28.4 Å². The molecular formula is C25H22FN3O4. The number of carbonyl (C=O) groups is 1. The van der Waals surface area contributed by atoms with Crippen molar-refractivity contribution in [2.75, 3.05) is 19.5 Å². The van der Waals surface area contributed by atoms with Crippen molar-refractivity contribution in [2.24, 2.45) is 0 Å². The van der Waals surface area contributed by atoms with Gasteiger partial charge in [-0.15, -0.1) is 0 Å². The largest absolute Gasteiger partial charge is 0.493 e. The van der Waals surface area contributed by atoms with Gasteiger partial charge in [0.1, 0.15) is 24.6 Å². The predicted molar refractivity (Wildman–Crippen MR) is 123 cm³/mol. The first-order chi connectivity index (χ1) is 16.0. The number of aromatic nitrogens is 2. The van der Waals surface area contributed by atoms with Crippen molar-refractivity contribution in [3.8, 4) is 11.5 Å². The lowest BCUT2D eigenvalue weighted by molar-refractivity contribution is 0.0600. The molecule has 1 N–H and O–H groups in total. The number of hydrogen-bond acceptors (Lipinski definition) is 7. The molecule has 0 amide bonds. The van der Waals surface area contributed by atoms with Gasteiger partial charge in [0.15, 0.2) is 11.5 Å². The lowest BCUT2D eigenvalue weighted by Gasteiger charge is -2.15. The summed E-state index contributed by atoms with van der Waals surface area (Å²) in [6.07, 6.45) is 1.37.